The van der Waals surface area contributed by atoms with Gasteiger partial charge in [0.1, 0.15) is 0 Å². The Morgan fingerprint density at radius 1 is 1.37 bits per heavy atom. The highest BCUT2D eigenvalue weighted by Gasteiger charge is 2.49. The molecule has 0 aliphatic heterocycles. The minimum atomic E-state index is -0.218. The van der Waals surface area contributed by atoms with Gasteiger partial charge in [0.05, 0.1) is 17.8 Å². The number of aliphatic hydroxyl groups excluding tert-OH is 1. The maximum absolute atomic E-state index is 10.2. The molecule has 2 aliphatic carbocycles. The van der Waals surface area contributed by atoms with Crippen molar-refractivity contribution in [3.63, 3.8) is 0 Å². The molecule has 0 saturated heterocycles. The molecule has 1 aromatic rings. The molecule has 0 spiro atoms. The third kappa shape index (κ3) is 2.86. The van der Waals surface area contributed by atoms with E-state index in [2.05, 4.69) is 35.9 Å². The van der Waals surface area contributed by atoms with Crippen LogP contribution in [0.3, 0.4) is 0 Å². The highest BCUT2D eigenvalue weighted by molar-refractivity contribution is 5.07. The van der Waals surface area contributed by atoms with Crippen LogP contribution in [0.4, 0.5) is 0 Å². The van der Waals surface area contributed by atoms with Gasteiger partial charge >= 0.3 is 0 Å². The largest absolute Gasteiger partial charge is 0.392 e. The molecule has 106 valence electrons. The number of hydrogen-bond acceptors (Lipinski definition) is 2. The van der Waals surface area contributed by atoms with Gasteiger partial charge in [0, 0.05) is 12.6 Å². The van der Waals surface area contributed by atoms with Gasteiger partial charge in [0.2, 0.25) is 0 Å². The molecule has 2 atom stereocenters. The van der Waals surface area contributed by atoms with Crippen LogP contribution in [-0.2, 0) is 6.42 Å². The van der Waals surface area contributed by atoms with E-state index in [9.17, 15) is 5.11 Å². The number of rotatable bonds is 4. The van der Waals surface area contributed by atoms with E-state index in [0.29, 0.717) is 23.8 Å². The fraction of sp³-hybridized carbons (Fsp3) is 0.812. The summed E-state index contributed by atoms with van der Waals surface area (Å²) in [6, 6.07) is 2.68. The average molecular weight is 262 g/mol. The van der Waals surface area contributed by atoms with E-state index >= 15 is 0 Å². The van der Waals surface area contributed by atoms with Crippen molar-refractivity contribution in [3.8, 4) is 0 Å². The van der Waals surface area contributed by atoms with Gasteiger partial charge in [-0.15, -0.1) is 0 Å². The Balaban J connectivity index is 1.58. The average Bonchev–Trinajstić information content (AvgIpc) is 2.84. The highest BCUT2D eigenvalue weighted by atomic mass is 16.3. The first-order valence-corrected chi connectivity index (χ1v) is 7.78. The summed E-state index contributed by atoms with van der Waals surface area (Å²) >= 11 is 0. The molecule has 0 aromatic carbocycles. The van der Waals surface area contributed by atoms with Crippen molar-refractivity contribution in [2.24, 2.45) is 11.3 Å². The quantitative estimate of drug-likeness (QED) is 0.903. The van der Waals surface area contributed by atoms with E-state index in [1.807, 2.05) is 0 Å². The van der Waals surface area contributed by atoms with Crippen molar-refractivity contribution in [1.82, 2.24) is 9.78 Å². The predicted molar refractivity (Wildman–Crippen MR) is 75.9 cm³/mol. The lowest BCUT2D eigenvalue weighted by atomic mass is 9.96. The SMILES string of the molecule is CC1(C)CC1C(O)Cc1ccn(C2CCCCC2)n1. The Labute approximate surface area is 116 Å². The van der Waals surface area contributed by atoms with Gasteiger partial charge in [0.25, 0.3) is 0 Å². The van der Waals surface area contributed by atoms with Crippen molar-refractivity contribution >= 4 is 0 Å². The maximum Gasteiger partial charge on any atom is 0.0650 e. The molecule has 3 nitrogen and oxygen atoms in total. The van der Waals surface area contributed by atoms with Crippen molar-refractivity contribution in [1.29, 1.82) is 0 Å². The van der Waals surface area contributed by atoms with Crippen molar-refractivity contribution in [3.05, 3.63) is 18.0 Å². The number of hydrogen-bond donors (Lipinski definition) is 1. The fourth-order valence-electron chi connectivity index (χ4n) is 3.56. The standard InChI is InChI=1S/C16H26N2O/c1-16(2)11-14(16)15(19)10-12-8-9-18(17-12)13-6-4-3-5-7-13/h8-9,13-15,19H,3-7,10-11H2,1-2H3. The molecule has 0 bridgehead atoms. The van der Waals surface area contributed by atoms with Crippen LogP contribution in [0.15, 0.2) is 12.3 Å². The fourth-order valence-corrected chi connectivity index (χ4v) is 3.56. The van der Waals surface area contributed by atoms with E-state index in [4.69, 9.17) is 0 Å². The van der Waals surface area contributed by atoms with Crippen molar-refractivity contribution in [2.45, 2.75) is 70.9 Å². The summed E-state index contributed by atoms with van der Waals surface area (Å²) in [5.74, 6) is 0.465. The second-order valence-electron chi connectivity index (χ2n) is 7.15. The molecular weight excluding hydrogens is 236 g/mol. The molecule has 1 N–H and O–H groups in total. The van der Waals surface area contributed by atoms with E-state index in [-0.39, 0.29) is 6.10 Å². The summed E-state index contributed by atoms with van der Waals surface area (Å²) in [5, 5.41) is 14.9. The summed E-state index contributed by atoms with van der Waals surface area (Å²) in [6.07, 6.45) is 10.3. The van der Waals surface area contributed by atoms with Crippen LogP contribution in [0, 0.1) is 11.3 Å². The monoisotopic (exact) mass is 262 g/mol. The van der Waals surface area contributed by atoms with Gasteiger partial charge in [-0.25, -0.2) is 0 Å². The van der Waals surface area contributed by atoms with Gasteiger partial charge in [-0.05, 0) is 36.7 Å². The van der Waals surface area contributed by atoms with Gasteiger partial charge in [0.15, 0.2) is 0 Å². The van der Waals surface area contributed by atoms with E-state index < -0.39 is 0 Å². The normalized spacial score (nSPS) is 28.3. The molecule has 0 amide bonds. The zero-order valence-electron chi connectivity index (χ0n) is 12.2. The summed E-state index contributed by atoms with van der Waals surface area (Å²) in [6.45, 7) is 4.48. The van der Waals surface area contributed by atoms with E-state index in [0.717, 1.165) is 12.1 Å². The Hall–Kier alpha value is -0.830. The molecule has 19 heavy (non-hydrogen) atoms. The maximum atomic E-state index is 10.2. The topological polar surface area (TPSA) is 38.0 Å². The van der Waals surface area contributed by atoms with Gasteiger partial charge in [-0.1, -0.05) is 33.1 Å². The molecule has 3 rings (SSSR count). The molecule has 2 fully saturated rings. The zero-order chi connectivity index (χ0) is 13.5. The van der Waals surface area contributed by atoms with Crippen molar-refractivity contribution < 1.29 is 5.11 Å². The summed E-state index contributed by atoms with van der Waals surface area (Å²) in [4.78, 5) is 0. The lowest BCUT2D eigenvalue weighted by Crippen LogP contribution is -2.18. The lowest BCUT2D eigenvalue weighted by molar-refractivity contribution is 0.135. The van der Waals surface area contributed by atoms with Crippen LogP contribution in [0.5, 0.6) is 0 Å². The Morgan fingerprint density at radius 2 is 2.05 bits per heavy atom. The first kappa shape index (κ1) is 13.2. The minimum absolute atomic E-state index is 0.218. The van der Waals surface area contributed by atoms with Gasteiger partial charge < -0.3 is 5.11 Å². The predicted octanol–water partition coefficient (Wildman–Crippen LogP) is 3.34. The van der Waals surface area contributed by atoms with Crippen LogP contribution in [0.1, 0.15) is 64.1 Å². The lowest BCUT2D eigenvalue weighted by Gasteiger charge is -2.21. The third-order valence-electron chi connectivity index (χ3n) is 5.08. The van der Waals surface area contributed by atoms with Crippen LogP contribution in [0.2, 0.25) is 0 Å². The molecule has 0 radical (unpaired) electrons. The zero-order valence-corrected chi connectivity index (χ0v) is 12.2. The smallest absolute Gasteiger partial charge is 0.0650 e. The summed E-state index contributed by atoms with van der Waals surface area (Å²) in [5.41, 5.74) is 1.39. The Morgan fingerprint density at radius 3 is 2.68 bits per heavy atom. The van der Waals surface area contributed by atoms with E-state index in [1.165, 1.54) is 32.1 Å². The molecular formula is C16H26N2O. The van der Waals surface area contributed by atoms with Crippen LogP contribution < -0.4 is 0 Å². The molecule has 2 saturated carbocycles. The number of aliphatic hydroxyl groups is 1. The van der Waals surface area contributed by atoms with E-state index in [1.54, 1.807) is 0 Å². The summed E-state index contributed by atoms with van der Waals surface area (Å²) in [7, 11) is 0. The van der Waals surface area contributed by atoms with Gasteiger partial charge in [-0.3, -0.25) is 4.68 Å². The molecule has 1 aromatic heterocycles. The van der Waals surface area contributed by atoms with Crippen LogP contribution in [0.25, 0.3) is 0 Å². The molecule has 3 heteroatoms. The Bertz CT molecular complexity index is 432. The second-order valence-corrected chi connectivity index (χ2v) is 7.15. The molecule has 2 aliphatic rings. The molecule has 2 unspecified atom stereocenters. The van der Waals surface area contributed by atoms with Crippen LogP contribution >= 0.6 is 0 Å². The minimum Gasteiger partial charge on any atom is -0.392 e. The third-order valence-corrected chi connectivity index (χ3v) is 5.08. The van der Waals surface area contributed by atoms with Crippen molar-refractivity contribution in [2.75, 3.05) is 0 Å². The Kier molecular flexibility index (Phi) is 3.42. The molecule has 1 heterocycles. The number of aromatic nitrogens is 2. The van der Waals surface area contributed by atoms with Gasteiger partial charge in [-0.2, -0.15) is 5.10 Å². The summed E-state index contributed by atoms with van der Waals surface area (Å²) < 4.78 is 2.14. The first-order chi connectivity index (χ1) is 9.06. The number of nitrogens with zero attached hydrogens (tertiary/aromatic N) is 2. The first-order valence-electron chi connectivity index (χ1n) is 7.78. The highest BCUT2D eigenvalue weighted by Crippen LogP contribution is 2.53. The van der Waals surface area contributed by atoms with Crippen LogP contribution in [-0.4, -0.2) is 21.0 Å². The second kappa shape index (κ2) is 4.93.